The van der Waals surface area contributed by atoms with Crippen molar-refractivity contribution in [2.75, 3.05) is 12.5 Å². The molecule has 1 saturated heterocycles. The molecular weight excluding hydrogens is 306 g/mol. The molecule has 20 heavy (non-hydrogen) atoms. The highest BCUT2D eigenvalue weighted by Gasteiger charge is 2.22. The van der Waals surface area contributed by atoms with Gasteiger partial charge in [0.05, 0.1) is 24.8 Å². The molecule has 3 heterocycles. The summed E-state index contributed by atoms with van der Waals surface area (Å²) in [7, 11) is 0. The van der Waals surface area contributed by atoms with Crippen molar-refractivity contribution in [2.24, 2.45) is 0 Å². The normalized spacial score (nSPS) is 16.6. The van der Waals surface area contributed by atoms with E-state index in [4.69, 9.17) is 12.2 Å². The number of hydrogen-bond acceptors (Lipinski definition) is 5. The van der Waals surface area contributed by atoms with E-state index in [1.165, 1.54) is 4.88 Å². The second-order valence-corrected chi connectivity index (χ2v) is 7.22. The Morgan fingerprint density at radius 2 is 2.15 bits per heavy atom. The lowest BCUT2D eigenvalue weighted by Gasteiger charge is -2.36. The van der Waals surface area contributed by atoms with Crippen molar-refractivity contribution in [3.05, 3.63) is 52.5 Å². The van der Waals surface area contributed by atoms with Gasteiger partial charge in [-0.2, -0.15) is 0 Å². The summed E-state index contributed by atoms with van der Waals surface area (Å²) in [6.45, 7) is 2.65. The summed E-state index contributed by atoms with van der Waals surface area (Å²) in [5, 5.41) is 2.11. The summed E-state index contributed by atoms with van der Waals surface area (Å²) >= 11 is 8.99. The standard InChI is InChI=1S/C14H15N3S3/c18-14-17(9-13-5-3-7-19-13)10-16(11-20-14)8-12-4-1-2-6-15-12/h1-7H,8-11H2. The van der Waals surface area contributed by atoms with Gasteiger partial charge in [0.2, 0.25) is 0 Å². The van der Waals surface area contributed by atoms with Crippen LogP contribution in [-0.2, 0) is 13.1 Å². The summed E-state index contributed by atoms with van der Waals surface area (Å²) in [6, 6.07) is 10.3. The fraction of sp³-hybridized carbons (Fsp3) is 0.286. The fourth-order valence-electron chi connectivity index (χ4n) is 2.10. The zero-order chi connectivity index (χ0) is 13.8. The molecule has 0 aromatic carbocycles. The topological polar surface area (TPSA) is 19.4 Å². The van der Waals surface area contributed by atoms with Gasteiger partial charge in [0.1, 0.15) is 4.32 Å². The molecule has 2 aromatic heterocycles. The van der Waals surface area contributed by atoms with Gasteiger partial charge in [0, 0.05) is 17.6 Å². The maximum Gasteiger partial charge on any atom is 0.139 e. The molecular formula is C14H15N3S3. The molecule has 1 aliphatic heterocycles. The molecule has 0 N–H and O–H groups in total. The third-order valence-corrected chi connectivity index (χ3v) is 5.51. The largest absolute Gasteiger partial charge is 0.339 e. The van der Waals surface area contributed by atoms with E-state index in [-0.39, 0.29) is 0 Å². The Balaban J connectivity index is 1.62. The Labute approximate surface area is 132 Å². The molecule has 0 unspecified atom stereocenters. The van der Waals surface area contributed by atoms with Crippen molar-refractivity contribution >= 4 is 39.6 Å². The van der Waals surface area contributed by atoms with Gasteiger partial charge in [0.25, 0.3) is 0 Å². The highest BCUT2D eigenvalue weighted by Crippen LogP contribution is 2.23. The van der Waals surface area contributed by atoms with E-state index in [1.54, 1.807) is 23.1 Å². The van der Waals surface area contributed by atoms with Gasteiger partial charge < -0.3 is 4.90 Å². The van der Waals surface area contributed by atoms with Gasteiger partial charge in [-0.3, -0.25) is 9.88 Å². The lowest BCUT2D eigenvalue weighted by molar-refractivity contribution is 0.200. The zero-order valence-corrected chi connectivity index (χ0v) is 13.4. The van der Waals surface area contributed by atoms with Gasteiger partial charge >= 0.3 is 0 Å². The van der Waals surface area contributed by atoms with Gasteiger partial charge in [-0.25, -0.2) is 0 Å². The number of pyridine rings is 1. The van der Waals surface area contributed by atoms with Crippen LogP contribution in [0.2, 0.25) is 0 Å². The summed E-state index contributed by atoms with van der Waals surface area (Å²) < 4.78 is 0.996. The van der Waals surface area contributed by atoms with E-state index in [1.807, 2.05) is 18.3 Å². The lowest BCUT2D eigenvalue weighted by Crippen LogP contribution is -2.43. The van der Waals surface area contributed by atoms with Crippen LogP contribution in [0.15, 0.2) is 41.9 Å². The van der Waals surface area contributed by atoms with E-state index >= 15 is 0 Å². The van der Waals surface area contributed by atoms with E-state index in [2.05, 4.69) is 38.4 Å². The van der Waals surface area contributed by atoms with Crippen LogP contribution in [0.4, 0.5) is 0 Å². The molecule has 0 bridgehead atoms. The second kappa shape index (κ2) is 6.67. The first-order chi connectivity index (χ1) is 9.81. The van der Waals surface area contributed by atoms with Crippen LogP contribution >= 0.6 is 35.3 Å². The summed E-state index contributed by atoms with van der Waals surface area (Å²) in [5.41, 5.74) is 1.11. The van der Waals surface area contributed by atoms with Crippen molar-refractivity contribution in [1.82, 2.24) is 14.8 Å². The molecule has 0 saturated carbocycles. The molecule has 104 valence electrons. The first-order valence-corrected chi connectivity index (χ1v) is 8.65. The number of nitrogens with zero attached hydrogens (tertiary/aromatic N) is 3. The van der Waals surface area contributed by atoms with Crippen molar-refractivity contribution < 1.29 is 0 Å². The van der Waals surface area contributed by atoms with E-state index < -0.39 is 0 Å². The van der Waals surface area contributed by atoms with Gasteiger partial charge in [0.15, 0.2) is 0 Å². The number of hydrogen-bond donors (Lipinski definition) is 0. The third kappa shape index (κ3) is 3.58. The summed E-state index contributed by atoms with van der Waals surface area (Å²) in [4.78, 5) is 10.4. The molecule has 3 nitrogen and oxygen atoms in total. The number of thiocarbonyl (C=S) groups is 1. The maximum absolute atomic E-state index is 5.47. The smallest absolute Gasteiger partial charge is 0.139 e. The van der Waals surface area contributed by atoms with Gasteiger partial charge in [-0.05, 0) is 23.6 Å². The van der Waals surface area contributed by atoms with Crippen LogP contribution in [0.25, 0.3) is 0 Å². The third-order valence-electron chi connectivity index (χ3n) is 3.04. The molecule has 0 aliphatic carbocycles. The average Bonchev–Trinajstić information content (AvgIpc) is 2.97. The van der Waals surface area contributed by atoms with E-state index in [0.717, 1.165) is 35.6 Å². The van der Waals surface area contributed by atoms with E-state index in [9.17, 15) is 0 Å². The molecule has 0 amide bonds. The van der Waals surface area contributed by atoms with Crippen LogP contribution in [0.3, 0.4) is 0 Å². The Morgan fingerprint density at radius 1 is 1.20 bits per heavy atom. The SMILES string of the molecule is S=C1SCN(Cc2ccccn2)CN1Cc1cccs1. The Kier molecular flexibility index (Phi) is 4.67. The van der Waals surface area contributed by atoms with Crippen LogP contribution in [0.1, 0.15) is 10.6 Å². The van der Waals surface area contributed by atoms with Crippen molar-refractivity contribution in [3.8, 4) is 0 Å². The summed E-state index contributed by atoms with van der Waals surface area (Å²) in [5.74, 6) is 0.941. The predicted molar refractivity (Wildman–Crippen MR) is 89.6 cm³/mol. The Hall–Kier alpha value is -0.950. The van der Waals surface area contributed by atoms with Crippen LogP contribution in [0, 0.1) is 0 Å². The lowest BCUT2D eigenvalue weighted by atomic mass is 10.3. The van der Waals surface area contributed by atoms with Crippen LogP contribution < -0.4 is 0 Å². The second-order valence-electron chi connectivity index (χ2n) is 4.61. The van der Waals surface area contributed by atoms with Crippen molar-refractivity contribution in [2.45, 2.75) is 13.1 Å². The van der Waals surface area contributed by atoms with Crippen LogP contribution in [0.5, 0.6) is 0 Å². The summed E-state index contributed by atoms with van der Waals surface area (Å²) in [6.07, 6.45) is 1.85. The quantitative estimate of drug-likeness (QED) is 0.802. The minimum atomic E-state index is 0.872. The van der Waals surface area contributed by atoms with Gasteiger partial charge in [-0.15, -0.1) is 11.3 Å². The molecule has 0 spiro atoms. The first kappa shape index (κ1) is 14.0. The highest BCUT2D eigenvalue weighted by atomic mass is 32.2. The molecule has 0 atom stereocenters. The van der Waals surface area contributed by atoms with Crippen molar-refractivity contribution in [1.29, 1.82) is 0 Å². The molecule has 1 fully saturated rings. The minimum Gasteiger partial charge on any atom is -0.339 e. The Morgan fingerprint density at radius 3 is 2.90 bits per heavy atom. The predicted octanol–water partition coefficient (Wildman–Crippen LogP) is 3.39. The number of aromatic nitrogens is 1. The average molecular weight is 321 g/mol. The molecule has 2 aromatic rings. The number of thiophene rings is 1. The molecule has 3 rings (SSSR count). The monoisotopic (exact) mass is 321 g/mol. The van der Waals surface area contributed by atoms with E-state index in [0.29, 0.717) is 0 Å². The molecule has 1 aliphatic rings. The minimum absolute atomic E-state index is 0.872. The van der Waals surface area contributed by atoms with Crippen LogP contribution in [-0.4, -0.2) is 31.6 Å². The number of rotatable bonds is 4. The first-order valence-electron chi connectivity index (χ1n) is 6.37. The Bertz CT molecular complexity index is 556. The van der Waals surface area contributed by atoms with Crippen molar-refractivity contribution in [3.63, 3.8) is 0 Å². The molecule has 0 radical (unpaired) electrons. The van der Waals surface area contributed by atoms with Gasteiger partial charge in [-0.1, -0.05) is 36.1 Å². The highest BCUT2D eigenvalue weighted by molar-refractivity contribution is 8.22. The zero-order valence-electron chi connectivity index (χ0n) is 10.9. The maximum atomic E-state index is 5.47. The fourth-order valence-corrected chi connectivity index (χ4v) is 3.87. The molecule has 6 heteroatoms. The number of thioether (sulfide) groups is 1.